The van der Waals surface area contributed by atoms with Crippen molar-refractivity contribution < 1.29 is 17.9 Å². The van der Waals surface area contributed by atoms with Gasteiger partial charge in [-0.15, -0.1) is 23.7 Å². The summed E-state index contributed by atoms with van der Waals surface area (Å²) in [5.74, 6) is -0.373. The normalized spacial score (nSPS) is 15.1. The number of nitrogens with zero attached hydrogens (tertiary/aromatic N) is 1. The average molecular weight is 432 g/mol. The van der Waals surface area contributed by atoms with E-state index >= 15 is 0 Å². The van der Waals surface area contributed by atoms with Crippen molar-refractivity contribution in [2.75, 3.05) is 38.6 Å². The van der Waals surface area contributed by atoms with Crippen molar-refractivity contribution in [1.82, 2.24) is 9.62 Å². The molecule has 0 spiro atoms. The predicted octanol–water partition coefficient (Wildman–Crippen LogP) is 1.75. The first-order chi connectivity index (χ1) is 12.5. The van der Waals surface area contributed by atoms with Gasteiger partial charge >= 0.3 is 0 Å². The Labute approximate surface area is 169 Å². The van der Waals surface area contributed by atoms with Crippen LogP contribution in [0.2, 0.25) is 0 Å². The van der Waals surface area contributed by atoms with Gasteiger partial charge in [-0.05, 0) is 35.6 Å². The molecular formula is C17H22ClN3O4S2. The number of morpholine rings is 1. The third-order valence-corrected chi connectivity index (χ3v) is 7.09. The Hall–Kier alpha value is -1.65. The van der Waals surface area contributed by atoms with Gasteiger partial charge in [0.25, 0.3) is 5.91 Å². The van der Waals surface area contributed by atoms with E-state index in [1.165, 1.54) is 10.4 Å². The van der Waals surface area contributed by atoms with Crippen molar-refractivity contribution in [2.45, 2.75) is 11.3 Å². The molecule has 1 saturated heterocycles. The summed E-state index contributed by atoms with van der Waals surface area (Å²) in [7, 11) is -3.69. The van der Waals surface area contributed by atoms with E-state index in [0.29, 0.717) is 45.0 Å². The molecule has 0 bridgehead atoms. The van der Waals surface area contributed by atoms with Crippen LogP contribution in [0.5, 0.6) is 0 Å². The van der Waals surface area contributed by atoms with E-state index in [1.807, 2.05) is 24.3 Å². The van der Waals surface area contributed by atoms with E-state index in [-0.39, 0.29) is 28.1 Å². The molecule has 7 nitrogen and oxygen atoms in total. The molecule has 2 aromatic rings. The van der Waals surface area contributed by atoms with E-state index in [0.717, 1.165) is 16.9 Å². The number of anilines is 1. The van der Waals surface area contributed by atoms with Crippen LogP contribution in [0.25, 0.3) is 0 Å². The van der Waals surface area contributed by atoms with Crippen LogP contribution in [-0.4, -0.2) is 51.5 Å². The third-order valence-electron chi connectivity index (χ3n) is 4.10. The standard InChI is InChI=1S/C17H21N3O4S2.ClH/c18-14-3-1-13(2-4-14)5-7-19-17(21)16-15(6-12-25-16)26(22,23)20-8-10-24-11-9-20;/h1-4,6,12H,5,7-11,18H2,(H,19,21);1H. The third kappa shape index (κ3) is 5.20. The number of sulfonamides is 1. The van der Waals surface area contributed by atoms with Gasteiger partial charge in [-0.25, -0.2) is 8.42 Å². The Morgan fingerprint density at radius 2 is 1.85 bits per heavy atom. The van der Waals surface area contributed by atoms with Crippen molar-refractivity contribution in [3.05, 3.63) is 46.2 Å². The summed E-state index contributed by atoms with van der Waals surface area (Å²) in [6.45, 7) is 1.75. The molecule has 27 heavy (non-hydrogen) atoms. The van der Waals surface area contributed by atoms with Crippen LogP contribution >= 0.6 is 23.7 Å². The minimum atomic E-state index is -3.69. The molecule has 1 amide bonds. The summed E-state index contributed by atoms with van der Waals surface area (Å²) in [6, 6.07) is 8.92. The zero-order valence-electron chi connectivity index (χ0n) is 14.6. The Morgan fingerprint density at radius 1 is 1.19 bits per heavy atom. The first-order valence-electron chi connectivity index (χ1n) is 8.26. The molecule has 1 aliphatic rings. The number of nitrogen functional groups attached to an aromatic ring is 1. The number of nitrogens with two attached hydrogens (primary N) is 1. The zero-order valence-corrected chi connectivity index (χ0v) is 17.0. The fourth-order valence-corrected chi connectivity index (χ4v) is 5.40. The van der Waals surface area contributed by atoms with Gasteiger partial charge in [0.05, 0.1) is 13.2 Å². The highest BCUT2D eigenvalue weighted by Crippen LogP contribution is 2.25. The van der Waals surface area contributed by atoms with Crippen molar-refractivity contribution in [3.8, 4) is 0 Å². The number of halogens is 1. The molecule has 0 aliphatic carbocycles. The minimum absolute atomic E-state index is 0. The minimum Gasteiger partial charge on any atom is -0.399 e. The van der Waals surface area contributed by atoms with Gasteiger partial charge in [-0.2, -0.15) is 4.31 Å². The molecule has 0 unspecified atom stereocenters. The number of amides is 1. The van der Waals surface area contributed by atoms with Gasteiger partial charge in [-0.3, -0.25) is 4.79 Å². The second-order valence-corrected chi connectivity index (χ2v) is 8.70. The molecule has 2 heterocycles. The number of carbonyl (C=O) groups is 1. The summed E-state index contributed by atoms with van der Waals surface area (Å²) in [6.07, 6.45) is 0.642. The van der Waals surface area contributed by atoms with E-state index < -0.39 is 10.0 Å². The van der Waals surface area contributed by atoms with E-state index in [9.17, 15) is 13.2 Å². The van der Waals surface area contributed by atoms with Gasteiger partial charge in [0, 0.05) is 25.3 Å². The van der Waals surface area contributed by atoms with Crippen molar-refractivity contribution in [1.29, 1.82) is 0 Å². The molecule has 1 fully saturated rings. The monoisotopic (exact) mass is 431 g/mol. The molecule has 0 saturated carbocycles. The first kappa shape index (κ1) is 21.6. The highest BCUT2D eigenvalue weighted by Gasteiger charge is 2.31. The van der Waals surface area contributed by atoms with Crippen LogP contribution in [0.1, 0.15) is 15.2 Å². The molecule has 148 valence electrons. The Morgan fingerprint density at radius 3 is 2.52 bits per heavy atom. The molecule has 10 heteroatoms. The van der Waals surface area contributed by atoms with Crippen LogP contribution in [0.15, 0.2) is 40.6 Å². The average Bonchev–Trinajstić information content (AvgIpc) is 3.15. The number of rotatable bonds is 6. The summed E-state index contributed by atoms with van der Waals surface area (Å²) < 4.78 is 32.1. The van der Waals surface area contributed by atoms with Crippen LogP contribution in [0.3, 0.4) is 0 Å². The predicted molar refractivity (Wildman–Crippen MR) is 108 cm³/mol. The smallest absolute Gasteiger partial charge is 0.262 e. The highest BCUT2D eigenvalue weighted by molar-refractivity contribution is 7.89. The number of benzene rings is 1. The summed E-state index contributed by atoms with van der Waals surface area (Å²) in [4.78, 5) is 12.8. The second kappa shape index (κ2) is 9.52. The summed E-state index contributed by atoms with van der Waals surface area (Å²) >= 11 is 1.13. The van der Waals surface area contributed by atoms with Crippen LogP contribution in [0.4, 0.5) is 5.69 Å². The lowest BCUT2D eigenvalue weighted by Crippen LogP contribution is -2.41. The van der Waals surface area contributed by atoms with Gasteiger partial charge in [0.2, 0.25) is 10.0 Å². The number of hydrogen-bond donors (Lipinski definition) is 2. The van der Waals surface area contributed by atoms with Crippen molar-refractivity contribution >= 4 is 45.4 Å². The van der Waals surface area contributed by atoms with Crippen LogP contribution < -0.4 is 11.1 Å². The fourth-order valence-electron chi connectivity index (χ4n) is 2.68. The van der Waals surface area contributed by atoms with Crippen LogP contribution in [0, 0.1) is 0 Å². The number of thiophene rings is 1. The molecule has 3 rings (SSSR count). The lowest BCUT2D eigenvalue weighted by Gasteiger charge is -2.26. The fraction of sp³-hybridized carbons (Fsp3) is 0.353. The second-order valence-electron chi connectivity index (χ2n) is 5.88. The summed E-state index contributed by atoms with van der Waals surface area (Å²) in [5.41, 5.74) is 7.39. The molecule has 3 N–H and O–H groups in total. The van der Waals surface area contributed by atoms with Crippen LogP contribution in [-0.2, 0) is 21.2 Å². The van der Waals surface area contributed by atoms with E-state index in [1.54, 1.807) is 5.38 Å². The maximum atomic E-state index is 12.8. The molecule has 1 aromatic heterocycles. The number of hydrogen-bond acceptors (Lipinski definition) is 6. The first-order valence-corrected chi connectivity index (χ1v) is 10.6. The lowest BCUT2D eigenvalue weighted by atomic mass is 10.1. The Kier molecular flexibility index (Phi) is 7.63. The van der Waals surface area contributed by atoms with Crippen molar-refractivity contribution in [2.24, 2.45) is 0 Å². The van der Waals surface area contributed by atoms with E-state index in [2.05, 4.69) is 5.32 Å². The maximum Gasteiger partial charge on any atom is 0.262 e. The number of ether oxygens (including phenoxy) is 1. The van der Waals surface area contributed by atoms with E-state index in [4.69, 9.17) is 10.5 Å². The Bertz CT molecular complexity index is 863. The highest BCUT2D eigenvalue weighted by atomic mass is 35.5. The van der Waals surface area contributed by atoms with Crippen molar-refractivity contribution in [3.63, 3.8) is 0 Å². The van der Waals surface area contributed by atoms with Gasteiger partial charge in [-0.1, -0.05) is 12.1 Å². The number of carbonyl (C=O) groups excluding carboxylic acids is 1. The van der Waals surface area contributed by atoms with Gasteiger partial charge in [0.15, 0.2) is 0 Å². The maximum absolute atomic E-state index is 12.8. The summed E-state index contributed by atoms with van der Waals surface area (Å²) in [5, 5.41) is 4.42. The quantitative estimate of drug-likeness (QED) is 0.678. The molecule has 1 aromatic carbocycles. The Balaban J connectivity index is 0.00000261. The van der Waals surface area contributed by atoms with Gasteiger partial charge in [0.1, 0.15) is 9.77 Å². The number of nitrogens with one attached hydrogen (secondary N) is 1. The zero-order chi connectivity index (χ0) is 18.6. The molecule has 1 aliphatic heterocycles. The molecule has 0 atom stereocenters. The molecular weight excluding hydrogens is 410 g/mol. The van der Waals surface area contributed by atoms with Gasteiger partial charge < -0.3 is 15.8 Å². The lowest BCUT2D eigenvalue weighted by molar-refractivity contribution is 0.0730. The molecule has 0 radical (unpaired) electrons. The largest absolute Gasteiger partial charge is 0.399 e. The topological polar surface area (TPSA) is 102 Å². The SMILES string of the molecule is Cl.Nc1ccc(CCNC(=O)c2sccc2S(=O)(=O)N2CCOCC2)cc1.